The van der Waals surface area contributed by atoms with Gasteiger partial charge in [-0.1, -0.05) is 12.1 Å². The summed E-state index contributed by atoms with van der Waals surface area (Å²) in [5.41, 5.74) is 2.04. The molecule has 0 aliphatic rings. The van der Waals surface area contributed by atoms with Crippen molar-refractivity contribution in [3.8, 4) is 10.6 Å². The van der Waals surface area contributed by atoms with Crippen LogP contribution in [0.4, 0.5) is 0 Å². The number of thiazole rings is 1. The standard InChI is InChI=1S/C13H15NOS2/c1-8-12(9(2)15)17-13(14-8)10-4-6-11(16-3)7-5-10/h4-7,9,15H,1-3H3. The first-order valence-electron chi connectivity index (χ1n) is 5.41. The number of aromatic nitrogens is 1. The molecule has 1 atom stereocenters. The van der Waals surface area contributed by atoms with Crippen LogP contribution >= 0.6 is 23.1 Å². The molecular weight excluding hydrogens is 250 g/mol. The molecule has 0 aliphatic heterocycles. The molecule has 0 fully saturated rings. The highest BCUT2D eigenvalue weighted by atomic mass is 32.2. The summed E-state index contributed by atoms with van der Waals surface area (Å²) in [5, 5.41) is 10.6. The lowest BCUT2D eigenvalue weighted by Gasteiger charge is -1.99. The van der Waals surface area contributed by atoms with Crippen molar-refractivity contribution in [1.29, 1.82) is 0 Å². The van der Waals surface area contributed by atoms with E-state index in [9.17, 15) is 5.11 Å². The predicted octanol–water partition coefficient (Wildman–Crippen LogP) is 3.89. The molecule has 0 amide bonds. The van der Waals surface area contributed by atoms with Gasteiger partial charge in [-0.2, -0.15) is 0 Å². The molecule has 0 spiro atoms. The van der Waals surface area contributed by atoms with Gasteiger partial charge in [-0.3, -0.25) is 0 Å². The first kappa shape index (κ1) is 12.6. The Hall–Kier alpha value is -0.840. The van der Waals surface area contributed by atoms with Crippen LogP contribution in [0.2, 0.25) is 0 Å². The number of benzene rings is 1. The predicted molar refractivity (Wildman–Crippen MR) is 74.7 cm³/mol. The maximum Gasteiger partial charge on any atom is 0.123 e. The first-order valence-corrected chi connectivity index (χ1v) is 7.45. The number of aryl methyl sites for hydroxylation is 1. The molecule has 1 aromatic carbocycles. The number of nitrogens with zero attached hydrogens (tertiary/aromatic N) is 1. The van der Waals surface area contributed by atoms with E-state index in [-0.39, 0.29) is 0 Å². The van der Waals surface area contributed by atoms with Gasteiger partial charge in [-0.05, 0) is 32.2 Å². The zero-order valence-corrected chi connectivity index (χ0v) is 11.7. The number of hydrogen-bond donors (Lipinski definition) is 1. The third kappa shape index (κ3) is 2.70. The number of rotatable bonds is 3. The smallest absolute Gasteiger partial charge is 0.123 e. The second-order valence-corrected chi connectivity index (χ2v) is 5.78. The summed E-state index contributed by atoms with van der Waals surface area (Å²) >= 11 is 3.30. The van der Waals surface area contributed by atoms with Gasteiger partial charge in [0.15, 0.2) is 0 Å². The molecule has 2 nitrogen and oxygen atoms in total. The fourth-order valence-electron chi connectivity index (χ4n) is 1.65. The van der Waals surface area contributed by atoms with E-state index in [1.54, 1.807) is 30.0 Å². The summed E-state index contributed by atoms with van der Waals surface area (Å²) in [7, 11) is 0. The Bertz CT molecular complexity index is 503. The summed E-state index contributed by atoms with van der Waals surface area (Å²) < 4.78 is 0. The Labute approximate surface area is 110 Å². The molecular formula is C13H15NOS2. The SMILES string of the molecule is CSc1ccc(-c2nc(C)c(C(C)O)s2)cc1. The van der Waals surface area contributed by atoms with Crippen molar-refractivity contribution in [2.45, 2.75) is 24.8 Å². The maximum absolute atomic E-state index is 9.61. The Morgan fingerprint density at radius 3 is 2.41 bits per heavy atom. The van der Waals surface area contributed by atoms with Gasteiger partial charge in [0, 0.05) is 10.5 Å². The van der Waals surface area contributed by atoms with Gasteiger partial charge < -0.3 is 5.11 Å². The van der Waals surface area contributed by atoms with Crippen molar-refractivity contribution >= 4 is 23.1 Å². The summed E-state index contributed by atoms with van der Waals surface area (Å²) in [6.45, 7) is 3.72. The van der Waals surface area contributed by atoms with Crippen LogP contribution in [0.15, 0.2) is 29.2 Å². The van der Waals surface area contributed by atoms with Crippen LogP contribution in [0.1, 0.15) is 23.6 Å². The molecule has 1 heterocycles. The lowest BCUT2D eigenvalue weighted by atomic mass is 10.2. The summed E-state index contributed by atoms with van der Waals surface area (Å²) in [6.07, 6.45) is 1.63. The highest BCUT2D eigenvalue weighted by Crippen LogP contribution is 2.32. The normalized spacial score (nSPS) is 12.7. The molecule has 1 N–H and O–H groups in total. The van der Waals surface area contributed by atoms with E-state index in [2.05, 4.69) is 35.5 Å². The number of thioether (sulfide) groups is 1. The Balaban J connectivity index is 2.36. The highest BCUT2D eigenvalue weighted by Gasteiger charge is 2.12. The summed E-state index contributed by atoms with van der Waals surface area (Å²) in [5.74, 6) is 0. The van der Waals surface area contributed by atoms with Crippen LogP contribution in [-0.4, -0.2) is 16.3 Å². The van der Waals surface area contributed by atoms with E-state index in [4.69, 9.17) is 0 Å². The maximum atomic E-state index is 9.61. The van der Waals surface area contributed by atoms with Crippen LogP contribution in [0.3, 0.4) is 0 Å². The summed E-state index contributed by atoms with van der Waals surface area (Å²) in [4.78, 5) is 6.71. The molecule has 0 radical (unpaired) electrons. The molecule has 0 aliphatic carbocycles. The second-order valence-electron chi connectivity index (χ2n) is 3.87. The van der Waals surface area contributed by atoms with Crippen LogP contribution in [0, 0.1) is 6.92 Å². The molecule has 17 heavy (non-hydrogen) atoms. The Morgan fingerprint density at radius 2 is 1.94 bits per heavy atom. The molecule has 2 rings (SSSR count). The number of aliphatic hydroxyl groups excluding tert-OH is 1. The Kier molecular flexibility index (Phi) is 3.86. The number of hydrogen-bond acceptors (Lipinski definition) is 4. The van der Waals surface area contributed by atoms with E-state index in [0.717, 1.165) is 21.1 Å². The van der Waals surface area contributed by atoms with Crippen molar-refractivity contribution in [3.05, 3.63) is 34.8 Å². The van der Waals surface area contributed by atoms with Gasteiger partial charge in [-0.25, -0.2) is 4.98 Å². The van der Waals surface area contributed by atoms with Crippen LogP contribution < -0.4 is 0 Å². The van der Waals surface area contributed by atoms with Crippen molar-refractivity contribution in [2.24, 2.45) is 0 Å². The van der Waals surface area contributed by atoms with Crippen LogP contribution in [-0.2, 0) is 0 Å². The van der Waals surface area contributed by atoms with Gasteiger partial charge in [0.1, 0.15) is 5.01 Å². The zero-order valence-electron chi connectivity index (χ0n) is 10.1. The molecule has 0 bridgehead atoms. The largest absolute Gasteiger partial charge is 0.388 e. The van der Waals surface area contributed by atoms with Gasteiger partial charge in [0.25, 0.3) is 0 Å². The van der Waals surface area contributed by atoms with Crippen molar-refractivity contribution in [2.75, 3.05) is 6.26 Å². The van der Waals surface area contributed by atoms with Crippen molar-refractivity contribution in [3.63, 3.8) is 0 Å². The molecule has 1 unspecified atom stereocenters. The van der Waals surface area contributed by atoms with E-state index < -0.39 is 6.10 Å². The van der Waals surface area contributed by atoms with E-state index >= 15 is 0 Å². The van der Waals surface area contributed by atoms with E-state index in [0.29, 0.717) is 0 Å². The third-order valence-electron chi connectivity index (χ3n) is 2.55. The highest BCUT2D eigenvalue weighted by molar-refractivity contribution is 7.98. The van der Waals surface area contributed by atoms with E-state index in [1.807, 2.05) is 6.92 Å². The van der Waals surface area contributed by atoms with Gasteiger partial charge in [-0.15, -0.1) is 23.1 Å². The average molecular weight is 265 g/mol. The van der Waals surface area contributed by atoms with Gasteiger partial charge in [0.05, 0.1) is 16.7 Å². The number of aliphatic hydroxyl groups is 1. The first-order chi connectivity index (χ1) is 8.11. The average Bonchev–Trinajstić information content (AvgIpc) is 2.71. The van der Waals surface area contributed by atoms with Crippen molar-refractivity contribution < 1.29 is 5.11 Å². The van der Waals surface area contributed by atoms with Gasteiger partial charge in [0.2, 0.25) is 0 Å². The monoisotopic (exact) mass is 265 g/mol. The summed E-state index contributed by atoms with van der Waals surface area (Å²) in [6, 6.07) is 8.35. The van der Waals surface area contributed by atoms with Crippen LogP contribution in [0.5, 0.6) is 0 Å². The third-order valence-corrected chi connectivity index (χ3v) is 4.67. The molecule has 2 aromatic rings. The minimum atomic E-state index is -0.438. The molecule has 0 saturated heterocycles. The molecule has 0 saturated carbocycles. The van der Waals surface area contributed by atoms with Crippen molar-refractivity contribution in [1.82, 2.24) is 4.98 Å². The molecule has 1 aromatic heterocycles. The van der Waals surface area contributed by atoms with Crippen LogP contribution in [0.25, 0.3) is 10.6 Å². The fraction of sp³-hybridized carbons (Fsp3) is 0.308. The zero-order chi connectivity index (χ0) is 12.4. The lowest BCUT2D eigenvalue weighted by molar-refractivity contribution is 0.202. The van der Waals surface area contributed by atoms with Gasteiger partial charge >= 0.3 is 0 Å². The quantitative estimate of drug-likeness (QED) is 0.855. The van der Waals surface area contributed by atoms with E-state index in [1.165, 1.54) is 4.90 Å². The minimum Gasteiger partial charge on any atom is -0.388 e. The minimum absolute atomic E-state index is 0.438. The second kappa shape index (κ2) is 5.21. The Morgan fingerprint density at radius 1 is 1.29 bits per heavy atom. The molecule has 4 heteroatoms. The molecule has 90 valence electrons. The topological polar surface area (TPSA) is 33.1 Å². The lowest BCUT2D eigenvalue weighted by Crippen LogP contribution is -1.88. The fourth-order valence-corrected chi connectivity index (χ4v) is 3.07.